The Labute approximate surface area is 94.7 Å². The first-order valence-electron chi connectivity index (χ1n) is 4.94. The quantitative estimate of drug-likeness (QED) is 0.764. The number of methoxy groups -OCH3 is 1. The molecule has 0 fully saturated rings. The fourth-order valence-corrected chi connectivity index (χ4v) is 1.36. The topological polar surface area (TPSA) is 78.2 Å². The van der Waals surface area contributed by atoms with E-state index in [1.165, 1.54) is 0 Å². The van der Waals surface area contributed by atoms with Gasteiger partial charge in [-0.15, -0.1) is 0 Å². The maximum atomic E-state index is 9.08. The summed E-state index contributed by atoms with van der Waals surface area (Å²) < 4.78 is 4.94. The van der Waals surface area contributed by atoms with Gasteiger partial charge in [0.2, 0.25) is 0 Å². The molecule has 0 aliphatic rings. The van der Waals surface area contributed by atoms with E-state index in [0.29, 0.717) is 18.0 Å². The highest BCUT2D eigenvalue weighted by Gasteiger charge is 2.08. The van der Waals surface area contributed by atoms with Crippen molar-refractivity contribution in [2.24, 2.45) is 0 Å². The molecule has 1 unspecified atom stereocenters. The van der Waals surface area contributed by atoms with Crippen molar-refractivity contribution in [1.82, 2.24) is 4.98 Å². The van der Waals surface area contributed by atoms with Crippen LogP contribution in [0.4, 0.5) is 5.82 Å². The van der Waals surface area contributed by atoms with Gasteiger partial charge in [0.1, 0.15) is 5.82 Å². The van der Waals surface area contributed by atoms with Crippen LogP contribution in [0.3, 0.4) is 0 Å². The van der Waals surface area contributed by atoms with Gasteiger partial charge in [-0.3, -0.25) is 0 Å². The van der Waals surface area contributed by atoms with Crippen LogP contribution in [0.25, 0.3) is 0 Å². The lowest BCUT2D eigenvalue weighted by Crippen LogP contribution is -2.29. The van der Waals surface area contributed by atoms with E-state index in [9.17, 15) is 0 Å². The number of nitrogens with one attached hydrogen (secondary N) is 1. The summed E-state index contributed by atoms with van der Waals surface area (Å²) in [5, 5.41) is 20.9. The molecule has 0 radical (unpaired) electrons. The van der Waals surface area contributed by atoms with Crippen LogP contribution in [-0.2, 0) is 4.74 Å². The number of ether oxygens (including phenoxy) is 1. The number of nitrogens with zero attached hydrogens (tertiary/aromatic N) is 2. The van der Waals surface area contributed by atoms with E-state index < -0.39 is 0 Å². The molecule has 5 heteroatoms. The van der Waals surface area contributed by atoms with Gasteiger partial charge in [-0.25, -0.2) is 4.98 Å². The highest BCUT2D eigenvalue weighted by molar-refractivity contribution is 5.44. The first-order valence-corrected chi connectivity index (χ1v) is 4.94. The SMILES string of the molecule is COCC(CO)Nc1cc(C#N)cc(C)n1. The molecule has 0 bridgehead atoms. The van der Waals surface area contributed by atoms with E-state index in [1.807, 2.05) is 6.92 Å². The standard InChI is InChI=1S/C11H15N3O2/c1-8-3-9(5-12)4-11(13-8)14-10(6-15)7-16-2/h3-4,10,15H,6-7H2,1-2H3,(H,13,14). The van der Waals surface area contributed by atoms with Gasteiger partial charge < -0.3 is 15.2 Å². The second kappa shape index (κ2) is 6.05. The summed E-state index contributed by atoms with van der Waals surface area (Å²) in [6, 6.07) is 5.19. The minimum Gasteiger partial charge on any atom is -0.394 e. The van der Waals surface area contributed by atoms with Gasteiger partial charge in [-0.05, 0) is 19.1 Å². The highest BCUT2D eigenvalue weighted by atomic mass is 16.5. The molecule has 2 N–H and O–H groups in total. The number of anilines is 1. The molecule has 1 rings (SSSR count). The van der Waals surface area contributed by atoms with Crippen LogP contribution >= 0.6 is 0 Å². The van der Waals surface area contributed by atoms with E-state index in [0.717, 1.165) is 5.69 Å². The van der Waals surface area contributed by atoms with Gasteiger partial charge in [0.25, 0.3) is 0 Å². The number of aliphatic hydroxyl groups is 1. The van der Waals surface area contributed by atoms with E-state index in [4.69, 9.17) is 15.1 Å². The Hall–Kier alpha value is -1.64. The zero-order valence-corrected chi connectivity index (χ0v) is 9.40. The largest absolute Gasteiger partial charge is 0.394 e. The van der Waals surface area contributed by atoms with E-state index in [-0.39, 0.29) is 12.6 Å². The number of nitriles is 1. The second-order valence-corrected chi connectivity index (χ2v) is 3.47. The van der Waals surface area contributed by atoms with Crippen molar-refractivity contribution in [2.75, 3.05) is 25.6 Å². The molecule has 0 aliphatic heterocycles. The van der Waals surface area contributed by atoms with Gasteiger partial charge in [0.05, 0.1) is 30.9 Å². The van der Waals surface area contributed by atoms with Crippen LogP contribution in [0, 0.1) is 18.3 Å². The van der Waals surface area contributed by atoms with Crippen LogP contribution in [-0.4, -0.2) is 36.5 Å². The zero-order chi connectivity index (χ0) is 12.0. The Morgan fingerprint density at radius 2 is 2.38 bits per heavy atom. The number of pyridine rings is 1. The molecule has 0 aromatic carbocycles. The van der Waals surface area contributed by atoms with Crippen molar-refractivity contribution in [3.63, 3.8) is 0 Å². The Balaban J connectivity index is 2.80. The lowest BCUT2D eigenvalue weighted by Gasteiger charge is -2.16. The summed E-state index contributed by atoms with van der Waals surface area (Å²) in [5.41, 5.74) is 1.31. The number of aromatic nitrogens is 1. The maximum Gasteiger partial charge on any atom is 0.127 e. The lowest BCUT2D eigenvalue weighted by molar-refractivity contribution is 0.153. The monoisotopic (exact) mass is 221 g/mol. The molecule has 0 saturated carbocycles. The van der Waals surface area contributed by atoms with Crippen LogP contribution in [0.1, 0.15) is 11.3 Å². The summed E-state index contributed by atoms with van der Waals surface area (Å²) in [6.07, 6.45) is 0. The number of hydrogen-bond acceptors (Lipinski definition) is 5. The number of aliphatic hydroxyl groups excluding tert-OH is 1. The third-order valence-electron chi connectivity index (χ3n) is 2.02. The molecule has 0 aliphatic carbocycles. The van der Waals surface area contributed by atoms with Gasteiger partial charge in [-0.2, -0.15) is 5.26 Å². The average molecular weight is 221 g/mol. The van der Waals surface area contributed by atoms with E-state index in [2.05, 4.69) is 16.4 Å². The first-order chi connectivity index (χ1) is 7.69. The second-order valence-electron chi connectivity index (χ2n) is 3.47. The van der Waals surface area contributed by atoms with E-state index in [1.54, 1.807) is 19.2 Å². The highest BCUT2D eigenvalue weighted by Crippen LogP contribution is 2.10. The molecule has 1 aromatic heterocycles. The molecule has 5 nitrogen and oxygen atoms in total. The normalized spacial score (nSPS) is 11.9. The summed E-state index contributed by atoms with van der Waals surface area (Å²) in [7, 11) is 1.56. The van der Waals surface area contributed by atoms with Crippen LogP contribution in [0.2, 0.25) is 0 Å². The minimum absolute atomic E-state index is 0.0502. The molecular formula is C11H15N3O2. The molecular weight excluding hydrogens is 206 g/mol. The van der Waals surface area contributed by atoms with Crippen LogP contribution in [0.5, 0.6) is 0 Å². The Kier molecular flexibility index (Phi) is 4.70. The fourth-order valence-electron chi connectivity index (χ4n) is 1.36. The lowest BCUT2D eigenvalue weighted by atomic mass is 10.2. The van der Waals surface area contributed by atoms with Crippen LogP contribution < -0.4 is 5.32 Å². The van der Waals surface area contributed by atoms with Gasteiger partial charge in [0.15, 0.2) is 0 Å². The van der Waals surface area contributed by atoms with Crippen molar-refractivity contribution in [3.05, 3.63) is 23.4 Å². The summed E-state index contributed by atoms with van der Waals surface area (Å²) >= 11 is 0. The summed E-state index contributed by atoms with van der Waals surface area (Å²) in [5.74, 6) is 0.577. The van der Waals surface area contributed by atoms with Crippen molar-refractivity contribution in [2.45, 2.75) is 13.0 Å². The van der Waals surface area contributed by atoms with Gasteiger partial charge >= 0.3 is 0 Å². The summed E-state index contributed by atoms with van der Waals surface area (Å²) in [4.78, 5) is 4.22. The van der Waals surface area contributed by atoms with E-state index >= 15 is 0 Å². The maximum absolute atomic E-state index is 9.08. The van der Waals surface area contributed by atoms with Crippen LogP contribution in [0.15, 0.2) is 12.1 Å². The van der Waals surface area contributed by atoms with Gasteiger partial charge in [-0.1, -0.05) is 0 Å². The number of hydrogen-bond donors (Lipinski definition) is 2. The Bertz CT molecular complexity index is 387. The average Bonchev–Trinajstić information content (AvgIpc) is 2.27. The van der Waals surface area contributed by atoms with Crippen molar-refractivity contribution >= 4 is 5.82 Å². The molecule has 1 heterocycles. The molecule has 0 spiro atoms. The van der Waals surface area contributed by atoms with Crippen molar-refractivity contribution in [3.8, 4) is 6.07 Å². The fraction of sp³-hybridized carbons (Fsp3) is 0.455. The third-order valence-corrected chi connectivity index (χ3v) is 2.02. The van der Waals surface area contributed by atoms with Gasteiger partial charge in [0, 0.05) is 12.8 Å². The van der Waals surface area contributed by atoms with Crippen molar-refractivity contribution in [1.29, 1.82) is 5.26 Å². The molecule has 0 saturated heterocycles. The predicted octanol–water partition coefficient (Wildman–Crippen LogP) is 0.681. The first kappa shape index (κ1) is 12.4. The molecule has 0 amide bonds. The van der Waals surface area contributed by atoms with Crippen molar-refractivity contribution < 1.29 is 9.84 Å². The smallest absolute Gasteiger partial charge is 0.127 e. The number of aryl methyl sites for hydroxylation is 1. The molecule has 16 heavy (non-hydrogen) atoms. The Morgan fingerprint density at radius 3 is 2.94 bits per heavy atom. The summed E-state index contributed by atoms with van der Waals surface area (Å²) in [6.45, 7) is 2.15. The minimum atomic E-state index is -0.217. The zero-order valence-electron chi connectivity index (χ0n) is 9.40. The molecule has 1 aromatic rings. The molecule has 1 atom stereocenters. The third kappa shape index (κ3) is 3.50. The number of rotatable bonds is 5. The predicted molar refractivity (Wildman–Crippen MR) is 60.1 cm³/mol. The molecule has 86 valence electrons. The Morgan fingerprint density at radius 1 is 1.62 bits per heavy atom.